The van der Waals surface area contributed by atoms with Gasteiger partial charge in [-0.05, 0) is 12.5 Å². The highest BCUT2D eigenvalue weighted by Gasteiger charge is 2.22. The summed E-state index contributed by atoms with van der Waals surface area (Å²) in [7, 11) is -4.62. The van der Waals surface area contributed by atoms with Gasteiger partial charge in [0, 0.05) is 24.4 Å². The van der Waals surface area contributed by atoms with Crippen molar-refractivity contribution in [1.29, 1.82) is 0 Å². The average molecular weight is 358 g/mol. The summed E-state index contributed by atoms with van der Waals surface area (Å²) >= 11 is 0. The molecule has 0 aliphatic carbocycles. The number of aliphatic imine (C=N–C) groups is 1. The Morgan fingerprint density at radius 3 is 2.42 bits per heavy atom. The molecular weight excluding hydrogens is 336 g/mol. The minimum Gasteiger partial charge on any atom is -0.502 e. The second kappa shape index (κ2) is 9.33. The molecule has 1 aromatic rings. The third-order valence-corrected chi connectivity index (χ3v) is 4.29. The van der Waals surface area contributed by atoms with Crippen molar-refractivity contribution in [1.82, 2.24) is 0 Å². The van der Waals surface area contributed by atoms with Crippen LogP contribution in [0.15, 0.2) is 22.0 Å². The van der Waals surface area contributed by atoms with Crippen molar-refractivity contribution in [3.05, 3.63) is 27.8 Å². The molecule has 0 aliphatic rings. The third kappa shape index (κ3) is 6.25. The molecule has 2 N–H and O–H groups in total. The number of phenols is 1. The van der Waals surface area contributed by atoms with E-state index in [9.17, 15) is 23.6 Å². The van der Waals surface area contributed by atoms with Gasteiger partial charge in [-0.15, -0.1) is 0 Å². The van der Waals surface area contributed by atoms with Crippen LogP contribution in [0.4, 0.5) is 5.69 Å². The molecule has 0 radical (unpaired) electrons. The molecule has 0 bridgehead atoms. The normalized spacial score (nSPS) is 11.9. The van der Waals surface area contributed by atoms with Crippen molar-refractivity contribution in [2.45, 2.75) is 50.3 Å². The Balaban J connectivity index is 2.81. The zero-order chi connectivity index (χ0) is 18.2. The Morgan fingerprint density at radius 1 is 1.21 bits per heavy atom. The highest BCUT2D eigenvalue weighted by atomic mass is 32.2. The molecular formula is C15H22N2O6S. The topological polar surface area (TPSA) is 130 Å². The number of aromatic hydroxyl groups is 1. The summed E-state index contributed by atoms with van der Waals surface area (Å²) in [6.45, 7) is 2.60. The predicted octanol–water partition coefficient (Wildman–Crippen LogP) is 3.33. The number of benzene rings is 1. The minimum atomic E-state index is -4.62. The number of phenolic OH excluding ortho intramolecular Hbond substituents is 1. The van der Waals surface area contributed by atoms with Gasteiger partial charge in [-0.2, -0.15) is 8.42 Å². The number of nitrogens with zero attached hydrogens (tertiary/aromatic N) is 2. The summed E-state index contributed by atoms with van der Waals surface area (Å²) in [6, 6.07) is 1.55. The summed E-state index contributed by atoms with van der Waals surface area (Å²) in [6.07, 6.45) is 7.67. The Labute approximate surface area is 141 Å². The lowest BCUT2D eigenvalue weighted by atomic mass is 10.1. The monoisotopic (exact) mass is 358 g/mol. The van der Waals surface area contributed by atoms with Crippen molar-refractivity contribution in [3.8, 4) is 5.75 Å². The molecule has 0 saturated heterocycles. The number of hydrogen-bond donors (Lipinski definition) is 2. The van der Waals surface area contributed by atoms with Gasteiger partial charge in [-0.3, -0.25) is 19.7 Å². The van der Waals surface area contributed by atoms with Gasteiger partial charge in [0.25, 0.3) is 10.1 Å². The van der Waals surface area contributed by atoms with Gasteiger partial charge < -0.3 is 5.11 Å². The van der Waals surface area contributed by atoms with Crippen LogP contribution in [0.3, 0.4) is 0 Å². The highest BCUT2D eigenvalue weighted by molar-refractivity contribution is 7.85. The first-order chi connectivity index (χ1) is 11.3. The first-order valence-corrected chi connectivity index (χ1v) is 9.20. The number of nitro groups is 1. The molecule has 0 unspecified atom stereocenters. The summed E-state index contributed by atoms with van der Waals surface area (Å²) in [5.41, 5.74) is -0.922. The fraction of sp³-hybridized carbons (Fsp3) is 0.533. The van der Waals surface area contributed by atoms with Gasteiger partial charge in [0.2, 0.25) is 5.75 Å². The van der Waals surface area contributed by atoms with Crippen LogP contribution in [-0.2, 0) is 10.1 Å². The molecule has 1 aromatic carbocycles. The molecule has 0 atom stereocenters. The molecule has 0 amide bonds. The number of hydrogen-bond acceptors (Lipinski definition) is 6. The number of rotatable bonds is 10. The highest BCUT2D eigenvalue weighted by Crippen LogP contribution is 2.32. The van der Waals surface area contributed by atoms with E-state index in [1.165, 1.54) is 25.5 Å². The lowest BCUT2D eigenvalue weighted by Gasteiger charge is -2.04. The lowest BCUT2D eigenvalue weighted by Crippen LogP contribution is -2.02. The Hall–Kier alpha value is -2.00. The molecule has 0 spiro atoms. The zero-order valence-electron chi connectivity index (χ0n) is 13.5. The molecule has 0 saturated carbocycles. The van der Waals surface area contributed by atoms with Gasteiger partial charge in [0.15, 0.2) is 0 Å². The molecule has 134 valence electrons. The van der Waals surface area contributed by atoms with Gasteiger partial charge in [-0.1, -0.05) is 39.0 Å². The number of nitro benzene ring substituents is 1. The quantitative estimate of drug-likeness (QED) is 0.217. The zero-order valence-corrected chi connectivity index (χ0v) is 14.3. The predicted molar refractivity (Wildman–Crippen MR) is 90.4 cm³/mol. The van der Waals surface area contributed by atoms with Crippen molar-refractivity contribution < 1.29 is 23.0 Å². The smallest absolute Gasteiger partial charge is 0.312 e. The van der Waals surface area contributed by atoms with Gasteiger partial charge >= 0.3 is 5.69 Å². The van der Waals surface area contributed by atoms with Crippen LogP contribution in [-0.4, -0.2) is 35.8 Å². The van der Waals surface area contributed by atoms with Gasteiger partial charge in [-0.25, -0.2) is 0 Å². The molecule has 0 aromatic heterocycles. The van der Waals surface area contributed by atoms with E-state index in [0.29, 0.717) is 12.6 Å². The van der Waals surface area contributed by atoms with E-state index in [1.54, 1.807) is 0 Å². The molecule has 24 heavy (non-hydrogen) atoms. The fourth-order valence-corrected chi connectivity index (χ4v) is 2.68. The Bertz CT molecular complexity index is 700. The molecule has 8 nitrogen and oxygen atoms in total. The van der Waals surface area contributed by atoms with Crippen LogP contribution in [0, 0.1) is 10.1 Å². The first kappa shape index (κ1) is 20.0. The second-order valence-corrected chi connectivity index (χ2v) is 6.84. The third-order valence-electron chi connectivity index (χ3n) is 3.46. The van der Waals surface area contributed by atoms with Gasteiger partial charge in [0.05, 0.1) is 4.92 Å². The maximum absolute atomic E-state index is 11.2. The fourth-order valence-electron chi connectivity index (χ4n) is 2.15. The van der Waals surface area contributed by atoms with Crippen LogP contribution >= 0.6 is 0 Å². The van der Waals surface area contributed by atoms with Crippen molar-refractivity contribution in [3.63, 3.8) is 0 Å². The molecule has 0 heterocycles. The summed E-state index contributed by atoms with van der Waals surface area (Å²) in [4.78, 5) is 13.4. The SMILES string of the molecule is CCCCCCCCN=Cc1cc(S(=O)(=O)O)cc([N+](=O)[O-])c1O. The summed E-state index contributed by atoms with van der Waals surface area (Å²) in [5.74, 6) is -0.681. The van der Waals surface area contributed by atoms with E-state index in [4.69, 9.17) is 4.55 Å². The van der Waals surface area contributed by atoms with E-state index < -0.39 is 31.4 Å². The van der Waals surface area contributed by atoms with Crippen molar-refractivity contribution in [2.75, 3.05) is 6.54 Å². The molecule has 0 fully saturated rings. The van der Waals surface area contributed by atoms with E-state index in [2.05, 4.69) is 11.9 Å². The Morgan fingerprint density at radius 2 is 1.83 bits per heavy atom. The summed E-state index contributed by atoms with van der Waals surface area (Å²) < 4.78 is 31.4. The van der Waals surface area contributed by atoms with Crippen LogP contribution in [0.1, 0.15) is 51.0 Å². The first-order valence-electron chi connectivity index (χ1n) is 7.76. The van der Waals surface area contributed by atoms with Crippen molar-refractivity contribution >= 4 is 22.0 Å². The largest absolute Gasteiger partial charge is 0.502 e. The maximum Gasteiger partial charge on any atom is 0.312 e. The maximum atomic E-state index is 11.2. The second-order valence-electron chi connectivity index (χ2n) is 5.42. The lowest BCUT2D eigenvalue weighted by molar-refractivity contribution is -0.386. The standard InChI is InChI=1S/C15H22N2O6S/c1-2-3-4-5-6-7-8-16-11-12-9-13(24(21,22)23)10-14(15(12)18)17(19)20/h9-11,18H,2-8H2,1H3,(H,21,22,23). The minimum absolute atomic E-state index is 0.122. The van der Waals surface area contributed by atoms with E-state index in [0.717, 1.165) is 25.3 Å². The number of unbranched alkanes of at least 4 members (excludes halogenated alkanes) is 5. The molecule has 1 rings (SSSR count). The van der Waals surface area contributed by atoms with Crippen molar-refractivity contribution in [2.24, 2.45) is 4.99 Å². The average Bonchev–Trinajstić information content (AvgIpc) is 2.49. The van der Waals surface area contributed by atoms with Crippen LogP contribution < -0.4 is 0 Å². The Kier molecular flexibility index (Phi) is 7.80. The van der Waals surface area contributed by atoms with Gasteiger partial charge in [0.1, 0.15) is 4.90 Å². The van der Waals surface area contributed by atoms with E-state index in [-0.39, 0.29) is 5.56 Å². The van der Waals surface area contributed by atoms with Crippen LogP contribution in [0.25, 0.3) is 0 Å². The van der Waals surface area contributed by atoms with Crippen LogP contribution in [0.5, 0.6) is 5.75 Å². The van der Waals surface area contributed by atoms with E-state index in [1.807, 2.05) is 0 Å². The van der Waals surface area contributed by atoms with E-state index >= 15 is 0 Å². The molecule has 9 heteroatoms. The van der Waals surface area contributed by atoms with Crippen LogP contribution in [0.2, 0.25) is 0 Å². The summed E-state index contributed by atoms with van der Waals surface area (Å²) in [5, 5.41) is 20.7. The molecule has 0 aliphatic heterocycles.